The smallest absolute Gasteiger partial charge is 0.280 e. The van der Waals surface area contributed by atoms with Gasteiger partial charge in [0.15, 0.2) is 5.65 Å². The lowest BCUT2D eigenvalue weighted by molar-refractivity contribution is -0.139. The number of sulfonamides is 1. The third-order valence-corrected chi connectivity index (χ3v) is 5.02. The number of anilines is 1. The van der Waals surface area contributed by atoms with E-state index in [1.54, 1.807) is 14.0 Å². The molecule has 0 spiro atoms. The molecule has 0 radical (unpaired) electrons. The number of aromatic nitrogens is 3. The number of alkyl halides is 3. The molecule has 6 nitrogen and oxygen atoms in total. The van der Waals surface area contributed by atoms with Gasteiger partial charge in [0.05, 0.1) is 11.3 Å². The lowest BCUT2D eigenvalue weighted by Gasteiger charge is -2.12. The Balaban J connectivity index is 2.01. The number of hydrogen-bond donors (Lipinski definition) is 1. The Labute approximate surface area is 145 Å². The topological polar surface area (TPSA) is 76.9 Å². The van der Waals surface area contributed by atoms with Crippen LogP contribution < -0.4 is 4.72 Å². The van der Waals surface area contributed by atoms with Crippen molar-refractivity contribution in [2.75, 3.05) is 4.72 Å². The van der Waals surface area contributed by atoms with Crippen molar-refractivity contribution in [2.24, 2.45) is 7.05 Å². The molecule has 2 aromatic heterocycles. The predicted octanol–water partition coefficient (Wildman–Crippen LogP) is 3.24. The van der Waals surface area contributed by atoms with Crippen molar-refractivity contribution < 1.29 is 26.0 Å². The van der Waals surface area contributed by atoms with Crippen LogP contribution in [0.15, 0.2) is 35.4 Å². The largest absolute Gasteiger partial charge is 0.419 e. The van der Waals surface area contributed by atoms with E-state index in [0.717, 1.165) is 12.3 Å². The number of halogens is 4. The molecule has 11 heteroatoms. The van der Waals surface area contributed by atoms with Gasteiger partial charge in [-0.15, -0.1) is 0 Å². The highest BCUT2D eigenvalue weighted by atomic mass is 32.2. The third kappa shape index (κ3) is 3.21. The second-order valence-corrected chi connectivity index (χ2v) is 7.23. The van der Waals surface area contributed by atoms with Crippen LogP contribution in [0.2, 0.25) is 0 Å². The first-order valence-corrected chi connectivity index (χ1v) is 8.66. The van der Waals surface area contributed by atoms with E-state index in [2.05, 4.69) is 10.1 Å². The number of hydrogen-bond acceptors (Lipinski definition) is 4. The molecular formula is C15H12F4N4O2S. The minimum atomic E-state index is -4.95. The van der Waals surface area contributed by atoms with Crippen LogP contribution in [0.4, 0.5) is 23.2 Å². The van der Waals surface area contributed by atoms with E-state index in [0.29, 0.717) is 28.9 Å². The fourth-order valence-electron chi connectivity index (χ4n) is 2.46. The molecule has 0 saturated heterocycles. The summed E-state index contributed by atoms with van der Waals surface area (Å²) in [6.07, 6.45) is -3.88. The number of nitrogens with one attached hydrogen (secondary N) is 1. The molecule has 3 aromatic rings. The van der Waals surface area contributed by atoms with Crippen molar-refractivity contribution in [3.05, 3.63) is 47.5 Å². The Morgan fingerprint density at radius 3 is 2.54 bits per heavy atom. The molecule has 0 fully saturated rings. The monoisotopic (exact) mass is 388 g/mol. The zero-order valence-electron chi connectivity index (χ0n) is 13.5. The third-order valence-electron chi connectivity index (χ3n) is 3.67. The van der Waals surface area contributed by atoms with Gasteiger partial charge in [0, 0.05) is 24.3 Å². The highest BCUT2D eigenvalue weighted by Gasteiger charge is 2.34. The summed E-state index contributed by atoms with van der Waals surface area (Å²) in [6.45, 7) is 1.67. The van der Waals surface area contributed by atoms with E-state index in [1.807, 2.05) is 4.72 Å². The Kier molecular flexibility index (Phi) is 4.14. The Bertz CT molecular complexity index is 1110. The number of nitrogens with zero attached hydrogens (tertiary/aromatic N) is 3. The SMILES string of the molecule is Cc1nn(C)c2ncc(S(=O)(=O)Nc3ccc(F)c(C(F)(F)F)c3)cc12. The van der Waals surface area contributed by atoms with Crippen LogP contribution in [-0.2, 0) is 23.2 Å². The summed E-state index contributed by atoms with van der Waals surface area (Å²) < 4.78 is 80.0. The fourth-order valence-corrected chi connectivity index (χ4v) is 3.48. The van der Waals surface area contributed by atoms with Gasteiger partial charge in [-0.3, -0.25) is 9.40 Å². The van der Waals surface area contributed by atoms with Crippen LogP contribution in [0.1, 0.15) is 11.3 Å². The maximum Gasteiger partial charge on any atom is 0.419 e. The molecule has 0 aliphatic rings. The molecule has 0 aliphatic heterocycles. The summed E-state index contributed by atoms with van der Waals surface area (Å²) in [4.78, 5) is 3.77. The molecule has 3 rings (SSSR count). The molecule has 0 amide bonds. The number of fused-ring (bicyclic) bond motifs is 1. The molecule has 1 aromatic carbocycles. The highest BCUT2D eigenvalue weighted by Crippen LogP contribution is 2.33. The summed E-state index contributed by atoms with van der Waals surface area (Å²) in [7, 11) is -2.58. The van der Waals surface area contributed by atoms with Gasteiger partial charge in [-0.2, -0.15) is 18.3 Å². The van der Waals surface area contributed by atoms with Gasteiger partial charge in [-0.1, -0.05) is 0 Å². The zero-order chi connectivity index (χ0) is 19.3. The van der Waals surface area contributed by atoms with Crippen LogP contribution >= 0.6 is 0 Å². The second-order valence-electron chi connectivity index (χ2n) is 5.55. The summed E-state index contributed by atoms with van der Waals surface area (Å²) in [6, 6.07) is 3.17. The normalized spacial score (nSPS) is 12.5. The standard InChI is InChI=1S/C15H12F4N4O2S/c1-8-11-6-10(7-20-14(11)23(2)21-8)26(24,25)22-9-3-4-13(16)12(5-9)15(17,18)19/h3-7,22H,1-2H3. The van der Waals surface area contributed by atoms with Crippen molar-refractivity contribution in [3.8, 4) is 0 Å². The number of rotatable bonds is 3. The van der Waals surface area contributed by atoms with E-state index in [4.69, 9.17) is 0 Å². The first-order chi connectivity index (χ1) is 12.0. The maximum absolute atomic E-state index is 13.3. The second kappa shape index (κ2) is 5.94. The van der Waals surface area contributed by atoms with Crippen LogP contribution in [0, 0.1) is 12.7 Å². The number of pyridine rings is 1. The highest BCUT2D eigenvalue weighted by molar-refractivity contribution is 7.92. The van der Waals surface area contributed by atoms with Gasteiger partial charge in [0.2, 0.25) is 0 Å². The summed E-state index contributed by atoms with van der Waals surface area (Å²) in [5.74, 6) is -1.49. The molecule has 2 heterocycles. The van der Waals surface area contributed by atoms with E-state index >= 15 is 0 Å². The quantitative estimate of drug-likeness (QED) is 0.699. The first kappa shape index (κ1) is 18.1. The van der Waals surface area contributed by atoms with Crippen molar-refractivity contribution in [3.63, 3.8) is 0 Å². The van der Waals surface area contributed by atoms with Crippen molar-refractivity contribution >= 4 is 26.7 Å². The lowest BCUT2D eigenvalue weighted by atomic mass is 10.2. The van der Waals surface area contributed by atoms with E-state index < -0.39 is 33.3 Å². The van der Waals surface area contributed by atoms with Crippen LogP contribution in [0.25, 0.3) is 11.0 Å². The van der Waals surface area contributed by atoms with Crippen molar-refractivity contribution in [2.45, 2.75) is 18.0 Å². The molecule has 138 valence electrons. The molecule has 0 bridgehead atoms. The van der Waals surface area contributed by atoms with Crippen molar-refractivity contribution in [1.82, 2.24) is 14.8 Å². The van der Waals surface area contributed by atoms with Gasteiger partial charge in [-0.05, 0) is 31.2 Å². The molecular weight excluding hydrogens is 376 g/mol. The lowest BCUT2D eigenvalue weighted by Crippen LogP contribution is -2.15. The van der Waals surface area contributed by atoms with Gasteiger partial charge >= 0.3 is 6.18 Å². The minimum absolute atomic E-state index is 0.251. The molecule has 26 heavy (non-hydrogen) atoms. The Morgan fingerprint density at radius 2 is 1.88 bits per heavy atom. The molecule has 0 atom stereocenters. The van der Waals surface area contributed by atoms with Gasteiger partial charge in [0.25, 0.3) is 10.0 Å². The average molecular weight is 388 g/mol. The zero-order valence-corrected chi connectivity index (χ0v) is 14.3. The van der Waals surface area contributed by atoms with Gasteiger partial charge in [-0.25, -0.2) is 17.8 Å². The van der Waals surface area contributed by atoms with Crippen LogP contribution in [0.3, 0.4) is 0 Å². The van der Waals surface area contributed by atoms with E-state index in [-0.39, 0.29) is 4.90 Å². The van der Waals surface area contributed by atoms with Crippen LogP contribution in [-0.4, -0.2) is 23.2 Å². The summed E-state index contributed by atoms with van der Waals surface area (Å²) in [5, 5.41) is 4.61. The minimum Gasteiger partial charge on any atom is -0.280 e. The van der Waals surface area contributed by atoms with Gasteiger partial charge in [0.1, 0.15) is 10.7 Å². The Hall–Kier alpha value is -2.69. The molecule has 0 saturated carbocycles. The molecule has 0 aliphatic carbocycles. The molecule has 1 N–H and O–H groups in total. The summed E-state index contributed by atoms with van der Waals surface area (Å²) >= 11 is 0. The van der Waals surface area contributed by atoms with E-state index in [9.17, 15) is 26.0 Å². The first-order valence-electron chi connectivity index (χ1n) is 7.18. The summed E-state index contributed by atoms with van der Waals surface area (Å²) in [5.41, 5.74) is -0.966. The average Bonchev–Trinajstić information content (AvgIpc) is 2.82. The van der Waals surface area contributed by atoms with Crippen LogP contribution in [0.5, 0.6) is 0 Å². The van der Waals surface area contributed by atoms with Gasteiger partial charge < -0.3 is 0 Å². The molecule has 0 unspecified atom stereocenters. The number of aryl methyl sites for hydroxylation is 2. The van der Waals surface area contributed by atoms with Crippen molar-refractivity contribution in [1.29, 1.82) is 0 Å². The number of benzene rings is 1. The maximum atomic E-state index is 13.3. The van der Waals surface area contributed by atoms with E-state index in [1.165, 1.54) is 10.7 Å². The predicted molar refractivity (Wildman–Crippen MR) is 85.5 cm³/mol. The fraction of sp³-hybridized carbons (Fsp3) is 0.200. The Morgan fingerprint density at radius 1 is 1.19 bits per heavy atom.